The highest BCUT2D eigenvalue weighted by atomic mass is 19.4. The number of carbonyl (C=O) groups is 1. The predicted molar refractivity (Wildman–Crippen MR) is 82.3 cm³/mol. The number of amides is 1. The van der Waals surface area contributed by atoms with Crippen LogP contribution in [0.5, 0.6) is 0 Å². The van der Waals surface area contributed by atoms with Crippen molar-refractivity contribution in [3.63, 3.8) is 0 Å². The lowest BCUT2D eigenvalue weighted by molar-refractivity contribution is -0.140. The molecule has 1 aliphatic heterocycles. The Hall–Kier alpha value is -1.67. The topological polar surface area (TPSA) is 35.6 Å². The van der Waals surface area contributed by atoms with Gasteiger partial charge in [-0.15, -0.1) is 0 Å². The van der Waals surface area contributed by atoms with E-state index >= 15 is 0 Å². The number of benzene rings is 1. The quantitative estimate of drug-likeness (QED) is 0.830. The summed E-state index contributed by atoms with van der Waals surface area (Å²) in [6.07, 6.45) is -4.82. The minimum Gasteiger partial charge on any atom is -0.351 e. The number of hydrogen-bond acceptors (Lipinski definition) is 3. The van der Waals surface area contributed by atoms with Crippen molar-refractivity contribution in [2.45, 2.75) is 13.1 Å². The lowest BCUT2D eigenvalue weighted by atomic mass is 10.1. The minimum absolute atomic E-state index is 0.195. The molecule has 0 radical (unpaired) electrons. The summed E-state index contributed by atoms with van der Waals surface area (Å²) in [4.78, 5) is 16.5. The van der Waals surface area contributed by atoms with E-state index in [4.69, 9.17) is 0 Å². The molecule has 0 aromatic heterocycles. The van der Waals surface area contributed by atoms with Gasteiger partial charge in [-0.2, -0.15) is 13.2 Å². The van der Waals surface area contributed by atoms with Crippen molar-refractivity contribution in [2.75, 3.05) is 45.8 Å². The van der Waals surface area contributed by atoms with Crippen molar-refractivity contribution in [2.24, 2.45) is 0 Å². The van der Waals surface area contributed by atoms with E-state index in [-0.39, 0.29) is 5.56 Å². The van der Waals surface area contributed by atoms with Gasteiger partial charge in [-0.1, -0.05) is 6.92 Å². The fourth-order valence-electron chi connectivity index (χ4n) is 2.64. The largest absolute Gasteiger partial charge is 0.419 e. The van der Waals surface area contributed by atoms with Gasteiger partial charge in [0.25, 0.3) is 5.91 Å². The Morgan fingerprint density at radius 3 is 2.38 bits per heavy atom. The second kappa shape index (κ2) is 7.94. The van der Waals surface area contributed by atoms with Crippen LogP contribution in [0.2, 0.25) is 0 Å². The van der Waals surface area contributed by atoms with E-state index < -0.39 is 23.5 Å². The molecule has 0 unspecified atom stereocenters. The van der Waals surface area contributed by atoms with Crippen LogP contribution < -0.4 is 5.32 Å². The normalized spacial score (nSPS) is 17.0. The number of likely N-dealkylation sites (N-methyl/N-ethyl adjacent to an activating group) is 1. The van der Waals surface area contributed by atoms with E-state index in [1.807, 2.05) is 0 Å². The molecule has 1 amide bonds. The average molecular weight is 347 g/mol. The molecule has 4 nitrogen and oxygen atoms in total. The maximum atomic E-state index is 13.2. The maximum absolute atomic E-state index is 13.2. The van der Waals surface area contributed by atoms with Crippen LogP contribution in [0.25, 0.3) is 0 Å². The number of alkyl halides is 3. The Morgan fingerprint density at radius 2 is 1.79 bits per heavy atom. The second-order valence-corrected chi connectivity index (χ2v) is 5.72. The highest BCUT2D eigenvalue weighted by Gasteiger charge is 2.34. The summed E-state index contributed by atoms with van der Waals surface area (Å²) >= 11 is 0. The van der Waals surface area contributed by atoms with Crippen LogP contribution in [0, 0.1) is 5.82 Å². The van der Waals surface area contributed by atoms with Gasteiger partial charge < -0.3 is 10.2 Å². The summed E-state index contributed by atoms with van der Waals surface area (Å²) < 4.78 is 51.2. The molecule has 0 spiro atoms. The predicted octanol–water partition coefficient (Wildman–Crippen LogP) is 2.21. The fourth-order valence-corrected chi connectivity index (χ4v) is 2.64. The standard InChI is InChI=1S/C16H21F4N3O/c1-2-22-7-9-23(10-8-22)6-5-21-15(24)12-3-4-14(17)13(11-12)16(18,19)20/h3-4,11H,2,5-10H2,1H3,(H,21,24). The van der Waals surface area contributed by atoms with Gasteiger partial charge in [0.2, 0.25) is 0 Å². The number of hydrogen-bond donors (Lipinski definition) is 1. The Labute approximate surface area is 138 Å². The molecule has 1 aliphatic rings. The Bertz CT molecular complexity index is 569. The van der Waals surface area contributed by atoms with E-state index in [9.17, 15) is 22.4 Å². The van der Waals surface area contributed by atoms with Crippen LogP contribution in [0.1, 0.15) is 22.8 Å². The third-order valence-electron chi connectivity index (χ3n) is 4.16. The SMILES string of the molecule is CCN1CCN(CCNC(=O)c2ccc(F)c(C(F)(F)F)c2)CC1. The Kier molecular flexibility index (Phi) is 6.17. The van der Waals surface area contributed by atoms with Gasteiger partial charge in [-0.3, -0.25) is 9.69 Å². The van der Waals surface area contributed by atoms with Gasteiger partial charge in [-0.25, -0.2) is 4.39 Å². The molecule has 0 atom stereocenters. The third kappa shape index (κ3) is 4.91. The second-order valence-electron chi connectivity index (χ2n) is 5.72. The lowest BCUT2D eigenvalue weighted by Gasteiger charge is -2.33. The molecule has 0 saturated carbocycles. The summed E-state index contributed by atoms with van der Waals surface area (Å²) in [5.41, 5.74) is -1.62. The van der Waals surface area contributed by atoms with Crippen LogP contribution in [-0.2, 0) is 6.18 Å². The van der Waals surface area contributed by atoms with Crippen molar-refractivity contribution in [1.82, 2.24) is 15.1 Å². The van der Waals surface area contributed by atoms with Crippen molar-refractivity contribution in [3.05, 3.63) is 35.1 Å². The van der Waals surface area contributed by atoms with E-state index in [0.717, 1.165) is 38.8 Å². The molecule has 1 aromatic rings. The highest BCUT2D eigenvalue weighted by Crippen LogP contribution is 2.31. The lowest BCUT2D eigenvalue weighted by Crippen LogP contribution is -2.48. The molecular formula is C16H21F4N3O. The van der Waals surface area contributed by atoms with Gasteiger partial charge >= 0.3 is 6.18 Å². The van der Waals surface area contributed by atoms with Crippen LogP contribution in [-0.4, -0.2) is 61.5 Å². The summed E-state index contributed by atoms with van der Waals surface area (Å²) in [6.45, 7) is 7.83. The zero-order valence-electron chi connectivity index (χ0n) is 13.5. The molecule has 1 heterocycles. The molecule has 0 aliphatic carbocycles. The smallest absolute Gasteiger partial charge is 0.351 e. The van der Waals surface area contributed by atoms with Gasteiger partial charge in [-0.05, 0) is 24.7 Å². The van der Waals surface area contributed by atoms with Crippen molar-refractivity contribution in [1.29, 1.82) is 0 Å². The molecular weight excluding hydrogens is 326 g/mol. The summed E-state index contributed by atoms with van der Waals surface area (Å²) in [7, 11) is 0. The number of nitrogens with zero attached hydrogens (tertiary/aromatic N) is 2. The zero-order valence-corrected chi connectivity index (χ0v) is 13.5. The maximum Gasteiger partial charge on any atom is 0.419 e. The number of carbonyl (C=O) groups excluding carboxylic acids is 1. The van der Waals surface area contributed by atoms with E-state index in [1.165, 1.54) is 0 Å². The average Bonchev–Trinajstić information content (AvgIpc) is 2.54. The zero-order chi connectivity index (χ0) is 17.7. The number of halogens is 4. The minimum atomic E-state index is -4.82. The molecule has 0 bridgehead atoms. The van der Waals surface area contributed by atoms with E-state index in [0.29, 0.717) is 25.2 Å². The van der Waals surface area contributed by atoms with Gasteiger partial charge in [0.1, 0.15) is 5.82 Å². The highest BCUT2D eigenvalue weighted by molar-refractivity contribution is 5.94. The molecule has 1 saturated heterocycles. The molecule has 1 aromatic carbocycles. The van der Waals surface area contributed by atoms with Crippen LogP contribution in [0.3, 0.4) is 0 Å². The molecule has 1 fully saturated rings. The number of piperazine rings is 1. The van der Waals surface area contributed by atoms with Crippen LogP contribution >= 0.6 is 0 Å². The first-order chi connectivity index (χ1) is 11.3. The van der Waals surface area contributed by atoms with Crippen molar-refractivity contribution < 1.29 is 22.4 Å². The molecule has 8 heteroatoms. The van der Waals surface area contributed by atoms with Crippen LogP contribution in [0.4, 0.5) is 17.6 Å². The molecule has 134 valence electrons. The monoisotopic (exact) mass is 347 g/mol. The first-order valence-corrected chi connectivity index (χ1v) is 7.91. The Morgan fingerprint density at radius 1 is 1.17 bits per heavy atom. The van der Waals surface area contributed by atoms with Crippen molar-refractivity contribution >= 4 is 5.91 Å². The number of rotatable bonds is 5. The van der Waals surface area contributed by atoms with Gasteiger partial charge in [0.15, 0.2) is 0 Å². The summed E-state index contributed by atoms with van der Waals surface area (Å²) in [6, 6.07) is 2.27. The number of nitrogens with one attached hydrogen (secondary N) is 1. The summed E-state index contributed by atoms with van der Waals surface area (Å²) in [5.74, 6) is -2.01. The molecule has 1 N–H and O–H groups in total. The summed E-state index contributed by atoms with van der Waals surface area (Å²) in [5, 5.41) is 2.59. The van der Waals surface area contributed by atoms with Gasteiger partial charge in [0, 0.05) is 44.8 Å². The third-order valence-corrected chi connectivity index (χ3v) is 4.16. The molecule has 24 heavy (non-hydrogen) atoms. The Balaban J connectivity index is 1.85. The van der Waals surface area contributed by atoms with E-state index in [2.05, 4.69) is 22.0 Å². The van der Waals surface area contributed by atoms with E-state index in [1.54, 1.807) is 0 Å². The first kappa shape index (κ1) is 18.7. The van der Waals surface area contributed by atoms with Crippen molar-refractivity contribution in [3.8, 4) is 0 Å². The molecule has 2 rings (SSSR count). The van der Waals surface area contributed by atoms with Crippen LogP contribution in [0.15, 0.2) is 18.2 Å². The fraction of sp³-hybridized carbons (Fsp3) is 0.562. The first-order valence-electron chi connectivity index (χ1n) is 7.91. The van der Waals surface area contributed by atoms with Gasteiger partial charge in [0.05, 0.1) is 5.56 Å².